The van der Waals surface area contributed by atoms with Crippen LogP contribution in [0.15, 0.2) is 18.2 Å². The van der Waals surface area contributed by atoms with Gasteiger partial charge >= 0.3 is 0 Å². The number of anilines is 2. The number of ether oxygens (including phenoxy) is 1. The minimum absolute atomic E-state index is 0.704. The summed E-state index contributed by atoms with van der Waals surface area (Å²) in [4.78, 5) is 2.43. The van der Waals surface area contributed by atoms with Crippen molar-refractivity contribution in [1.29, 1.82) is 0 Å². The number of methoxy groups -OCH3 is 1. The molecule has 1 aromatic rings. The zero-order valence-corrected chi connectivity index (χ0v) is 10.1. The summed E-state index contributed by atoms with van der Waals surface area (Å²) in [5.74, 6) is 0.827. The number of nitrogen functional groups attached to an aromatic ring is 1. The van der Waals surface area contributed by atoms with Crippen molar-refractivity contribution in [2.45, 2.75) is 32.2 Å². The van der Waals surface area contributed by atoms with Crippen LogP contribution in [0.5, 0.6) is 5.75 Å². The topological polar surface area (TPSA) is 38.5 Å². The molecule has 1 aromatic carbocycles. The minimum Gasteiger partial charge on any atom is -0.497 e. The van der Waals surface area contributed by atoms with Gasteiger partial charge < -0.3 is 15.4 Å². The maximum atomic E-state index is 6.07. The van der Waals surface area contributed by atoms with Crippen LogP contribution >= 0.6 is 0 Å². The largest absolute Gasteiger partial charge is 0.497 e. The standard InChI is InChI=1S/C13H20N2O/c1-3-8-15(10-4-5-10)13-7-6-11(16-2)9-12(13)14/h6-7,9-10H,3-5,8,14H2,1-2H3. The van der Waals surface area contributed by atoms with Gasteiger partial charge in [0.05, 0.1) is 18.5 Å². The number of rotatable bonds is 5. The first-order chi connectivity index (χ1) is 7.76. The maximum Gasteiger partial charge on any atom is 0.121 e. The van der Waals surface area contributed by atoms with E-state index in [1.807, 2.05) is 12.1 Å². The van der Waals surface area contributed by atoms with Crippen molar-refractivity contribution in [3.63, 3.8) is 0 Å². The van der Waals surface area contributed by atoms with Gasteiger partial charge in [-0.15, -0.1) is 0 Å². The fourth-order valence-corrected chi connectivity index (χ4v) is 2.05. The van der Waals surface area contributed by atoms with Crippen LogP contribution in [-0.4, -0.2) is 19.7 Å². The number of nitrogens with zero attached hydrogens (tertiary/aromatic N) is 1. The first-order valence-corrected chi connectivity index (χ1v) is 5.96. The molecule has 0 spiro atoms. The molecular weight excluding hydrogens is 200 g/mol. The molecule has 3 nitrogen and oxygen atoms in total. The molecular formula is C13H20N2O. The van der Waals surface area contributed by atoms with E-state index in [0.717, 1.165) is 30.1 Å². The molecule has 0 bridgehead atoms. The predicted molar refractivity (Wildman–Crippen MR) is 68.1 cm³/mol. The smallest absolute Gasteiger partial charge is 0.121 e. The molecule has 1 aliphatic carbocycles. The first-order valence-electron chi connectivity index (χ1n) is 5.96. The first kappa shape index (κ1) is 11.1. The highest BCUT2D eigenvalue weighted by molar-refractivity contribution is 5.70. The van der Waals surface area contributed by atoms with E-state index in [0.29, 0.717) is 6.04 Å². The molecule has 1 saturated carbocycles. The molecule has 0 atom stereocenters. The van der Waals surface area contributed by atoms with Crippen molar-refractivity contribution < 1.29 is 4.74 Å². The molecule has 1 fully saturated rings. The molecule has 0 amide bonds. The third-order valence-corrected chi connectivity index (χ3v) is 3.00. The third-order valence-electron chi connectivity index (χ3n) is 3.00. The molecule has 2 N–H and O–H groups in total. The van der Waals surface area contributed by atoms with Gasteiger partial charge in [0, 0.05) is 18.7 Å². The summed E-state index contributed by atoms with van der Waals surface area (Å²) >= 11 is 0. The molecule has 88 valence electrons. The average Bonchev–Trinajstić information content (AvgIpc) is 3.10. The van der Waals surface area contributed by atoms with Gasteiger partial charge in [-0.25, -0.2) is 0 Å². The molecule has 0 aliphatic heterocycles. The second-order valence-corrected chi connectivity index (χ2v) is 4.35. The second kappa shape index (κ2) is 4.64. The zero-order chi connectivity index (χ0) is 11.5. The Morgan fingerprint density at radius 3 is 2.69 bits per heavy atom. The van der Waals surface area contributed by atoms with Gasteiger partial charge in [0.1, 0.15) is 5.75 Å². The van der Waals surface area contributed by atoms with E-state index in [1.54, 1.807) is 7.11 Å². The molecule has 0 radical (unpaired) electrons. The fourth-order valence-electron chi connectivity index (χ4n) is 2.05. The van der Waals surface area contributed by atoms with Gasteiger partial charge in [-0.3, -0.25) is 0 Å². The second-order valence-electron chi connectivity index (χ2n) is 4.35. The van der Waals surface area contributed by atoms with Crippen molar-refractivity contribution in [3.05, 3.63) is 18.2 Å². The van der Waals surface area contributed by atoms with E-state index < -0.39 is 0 Å². The Hall–Kier alpha value is -1.38. The van der Waals surface area contributed by atoms with E-state index in [4.69, 9.17) is 10.5 Å². The summed E-state index contributed by atoms with van der Waals surface area (Å²) in [7, 11) is 1.67. The van der Waals surface area contributed by atoms with Crippen LogP contribution in [0.4, 0.5) is 11.4 Å². The van der Waals surface area contributed by atoms with Gasteiger partial charge in [-0.2, -0.15) is 0 Å². The molecule has 2 rings (SSSR count). The molecule has 0 heterocycles. The highest BCUT2D eigenvalue weighted by Crippen LogP contribution is 2.36. The number of hydrogen-bond acceptors (Lipinski definition) is 3. The van der Waals surface area contributed by atoms with Crippen molar-refractivity contribution in [3.8, 4) is 5.75 Å². The summed E-state index contributed by atoms with van der Waals surface area (Å²) in [6.45, 7) is 3.29. The molecule has 0 saturated heterocycles. The van der Waals surface area contributed by atoms with Gasteiger partial charge in [0.25, 0.3) is 0 Å². The number of benzene rings is 1. The van der Waals surface area contributed by atoms with Crippen LogP contribution in [0.25, 0.3) is 0 Å². The summed E-state index contributed by atoms with van der Waals surface area (Å²) in [6, 6.07) is 6.66. The minimum atomic E-state index is 0.704. The molecule has 1 aliphatic rings. The number of nitrogens with two attached hydrogens (primary N) is 1. The monoisotopic (exact) mass is 220 g/mol. The highest BCUT2D eigenvalue weighted by atomic mass is 16.5. The highest BCUT2D eigenvalue weighted by Gasteiger charge is 2.29. The van der Waals surface area contributed by atoms with Gasteiger partial charge in [-0.1, -0.05) is 6.92 Å². The third kappa shape index (κ3) is 2.23. The predicted octanol–water partition coefficient (Wildman–Crippen LogP) is 2.66. The quantitative estimate of drug-likeness (QED) is 0.775. The summed E-state index contributed by atoms with van der Waals surface area (Å²) in [5.41, 5.74) is 8.05. The van der Waals surface area contributed by atoms with Crippen molar-refractivity contribution >= 4 is 11.4 Å². The van der Waals surface area contributed by atoms with Crippen LogP contribution in [-0.2, 0) is 0 Å². The van der Waals surface area contributed by atoms with E-state index >= 15 is 0 Å². The number of hydrogen-bond donors (Lipinski definition) is 1. The Morgan fingerprint density at radius 2 is 2.19 bits per heavy atom. The molecule has 16 heavy (non-hydrogen) atoms. The molecule has 0 aromatic heterocycles. The summed E-state index contributed by atoms with van der Waals surface area (Å²) in [6.07, 6.45) is 3.75. The zero-order valence-electron chi connectivity index (χ0n) is 10.1. The maximum absolute atomic E-state index is 6.07. The van der Waals surface area contributed by atoms with E-state index in [-0.39, 0.29) is 0 Å². The van der Waals surface area contributed by atoms with Crippen LogP contribution in [0.1, 0.15) is 26.2 Å². The van der Waals surface area contributed by atoms with Gasteiger partial charge in [-0.05, 0) is 31.4 Å². The van der Waals surface area contributed by atoms with Gasteiger partial charge in [0.2, 0.25) is 0 Å². The van der Waals surface area contributed by atoms with Crippen molar-refractivity contribution in [2.24, 2.45) is 0 Å². The Morgan fingerprint density at radius 1 is 1.44 bits per heavy atom. The van der Waals surface area contributed by atoms with Gasteiger partial charge in [0.15, 0.2) is 0 Å². The van der Waals surface area contributed by atoms with E-state index in [1.165, 1.54) is 12.8 Å². The van der Waals surface area contributed by atoms with Crippen LogP contribution in [0.2, 0.25) is 0 Å². The summed E-state index contributed by atoms with van der Waals surface area (Å²) < 4.78 is 5.17. The normalized spacial score (nSPS) is 14.9. The fraction of sp³-hybridized carbons (Fsp3) is 0.538. The average molecular weight is 220 g/mol. The van der Waals surface area contributed by atoms with E-state index in [9.17, 15) is 0 Å². The van der Waals surface area contributed by atoms with Crippen LogP contribution < -0.4 is 15.4 Å². The Kier molecular flexibility index (Phi) is 3.22. The summed E-state index contributed by atoms with van der Waals surface area (Å²) in [5, 5.41) is 0. The van der Waals surface area contributed by atoms with Crippen LogP contribution in [0.3, 0.4) is 0 Å². The SMILES string of the molecule is CCCN(c1ccc(OC)cc1N)C1CC1. The lowest BCUT2D eigenvalue weighted by Crippen LogP contribution is -2.27. The van der Waals surface area contributed by atoms with Crippen LogP contribution in [0, 0.1) is 0 Å². The van der Waals surface area contributed by atoms with Crippen molar-refractivity contribution in [1.82, 2.24) is 0 Å². The Balaban J connectivity index is 2.22. The lowest BCUT2D eigenvalue weighted by atomic mass is 10.2. The Labute approximate surface area is 97.2 Å². The van der Waals surface area contributed by atoms with E-state index in [2.05, 4.69) is 17.9 Å². The molecule has 3 heteroatoms. The Bertz CT molecular complexity index is 361. The molecule has 0 unspecified atom stereocenters. The van der Waals surface area contributed by atoms with Crippen molar-refractivity contribution in [2.75, 3.05) is 24.3 Å². The lowest BCUT2D eigenvalue weighted by Gasteiger charge is -2.25. The lowest BCUT2D eigenvalue weighted by molar-refractivity contribution is 0.415.